The number of rotatable bonds is 7. The molecule has 1 saturated heterocycles. The van der Waals surface area contributed by atoms with Gasteiger partial charge < -0.3 is 24.4 Å². The zero-order valence-corrected chi connectivity index (χ0v) is 12.6. The molecule has 2 N–H and O–H groups in total. The highest BCUT2D eigenvalue weighted by Crippen LogP contribution is 2.26. The van der Waals surface area contributed by atoms with E-state index in [1.807, 2.05) is 30.3 Å². The molecule has 0 spiro atoms. The zero-order chi connectivity index (χ0) is 15.9. The Morgan fingerprint density at radius 3 is 2.73 bits per heavy atom. The molecule has 1 heterocycles. The van der Waals surface area contributed by atoms with Gasteiger partial charge in [-0.05, 0) is 5.56 Å². The molecule has 6 nitrogen and oxygen atoms in total. The number of benzene rings is 1. The number of aliphatic hydroxyl groups is 1. The molecule has 4 atom stereocenters. The van der Waals surface area contributed by atoms with Crippen LogP contribution in [0.5, 0.6) is 0 Å². The maximum Gasteiger partial charge on any atom is 0.305 e. The second kappa shape index (κ2) is 8.24. The molecule has 1 aromatic carbocycles. The minimum Gasteiger partial charge on any atom is -0.481 e. The van der Waals surface area contributed by atoms with E-state index in [1.165, 1.54) is 7.11 Å². The molecule has 22 heavy (non-hydrogen) atoms. The van der Waals surface area contributed by atoms with Gasteiger partial charge in [0.15, 0.2) is 0 Å². The molecule has 1 aromatic rings. The minimum absolute atomic E-state index is 0.136. The molecule has 0 aromatic heterocycles. The van der Waals surface area contributed by atoms with Crippen molar-refractivity contribution >= 4 is 5.97 Å². The van der Waals surface area contributed by atoms with E-state index in [0.717, 1.165) is 5.56 Å². The first-order chi connectivity index (χ1) is 10.6. The van der Waals surface area contributed by atoms with Crippen LogP contribution in [0.1, 0.15) is 18.4 Å². The van der Waals surface area contributed by atoms with E-state index in [-0.39, 0.29) is 19.4 Å². The number of carboxylic acid groups (broad SMARTS) is 1. The van der Waals surface area contributed by atoms with Crippen LogP contribution in [0.15, 0.2) is 30.3 Å². The Labute approximate surface area is 129 Å². The fraction of sp³-hybridized carbons (Fsp3) is 0.562. The highest BCUT2D eigenvalue weighted by atomic mass is 16.6. The van der Waals surface area contributed by atoms with Gasteiger partial charge in [0.25, 0.3) is 0 Å². The zero-order valence-electron chi connectivity index (χ0n) is 12.6. The summed E-state index contributed by atoms with van der Waals surface area (Å²) in [6.07, 6.45) is -2.22. The molecule has 1 unspecified atom stereocenters. The number of carboxylic acids is 1. The van der Waals surface area contributed by atoms with E-state index < -0.39 is 30.4 Å². The van der Waals surface area contributed by atoms with E-state index in [9.17, 15) is 9.90 Å². The van der Waals surface area contributed by atoms with E-state index in [4.69, 9.17) is 19.3 Å². The summed E-state index contributed by atoms with van der Waals surface area (Å²) in [5, 5.41) is 19.1. The summed E-state index contributed by atoms with van der Waals surface area (Å²) < 4.78 is 16.6. The fourth-order valence-electron chi connectivity index (χ4n) is 2.64. The lowest BCUT2D eigenvalue weighted by Crippen LogP contribution is -2.51. The average Bonchev–Trinajstić information content (AvgIpc) is 2.47. The van der Waals surface area contributed by atoms with Gasteiger partial charge in [-0.2, -0.15) is 0 Å². The van der Waals surface area contributed by atoms with Crippen LogP contribution in [-0.4, -0.2) is 54.3 Å². The van der Waals surface area contributed by atoms with Crippen LogP contribution in [-0.2, 0) is 25.6 Å². The van der Waals surface area contributed by atoms with Crippen molar-refractivity contribution < 1.29 is 29.2 Å². The standard InChI is InChI=1S/C16H22O6/c1-20-10-14-16(21-9-11-5-3-2-4-6-11)13(17)7-12(22-14)8-15(18)19/h2-6,12-14,16-17H,7-10H2,1H3,(H,18,19)/t12?,13-,14-,16+/m1/s1. The van der Waals surface area contributed by atoms with Gasteiger partial charge >= 0.3 is 5.97 Å². The predicted molar refractivity (Wildman–Crippen MR) is 78.4 cm³/mol. The van der Waals surface area contributed by atoms with Gasteiger partial charge in [-0.15, -0.1) is 0 Å². The molecule has 122 valence electrons. The fourth-order valence-corrected chi connectivity index (χ4v) is 2.64. The third-order valence-electron chi connectivity index (χ3n) is 3.64. The molecule has 0 radical (unpaired) electrons. The van der Waals surface area contributed by atoms with Gasteiger partial charge in [-0.1, -0.05) is 30.3 Å². The van der Waals surface area contributed by atoms with Crippen LogP contribution >= 0.6 is 0 Å². The van der Waals surface area contributed by atoms with Crippen LogP contribution < -0.4 is 0 Å². The first-order valence-corrected chi connectivity index (χ1v) is 7.30. The largest absolute Gasteiger partial charge is 0.481 e. The van der Waals surface area contributed by atoms with E-state index >= 15 is 0 Å². The molecule has 1 aliphatic rings. The Bertz CT molecular complexity index is 463. The summed E-state index contributed by atoms with van der Waals surface area (Å²) in [6, 6.07) is 9.64. The minimum atomic E-state index is -0.947. The SMILES string of the molecule is COC[C@H]1OC(CC(=O)O)C[C@@H](O)[C@@H]1OCc1ccccc1. The second-order valence-corrected chi connectivity index (χ2v) is 5.41. The number of methoxy groups -OCH3 is 1. The van der Waals surface area contributed by atoms with E-state index in [2.05, 4.69) is 0 Å². The number of hydrogen-bond donors (Lipinski definition) is 2. The summed E-state index contributed by atoms with van der Waals surface area (Å²) in [5.74, 6) is -0.947. The van der Waals surface area contributed by atoms with Gasteiger partial charge in [0, 0.05) is 13.5 Å². The van der Waals surface area contributed by atoms with Gasteiger partial charge in [-0.25, -0.2) is 0 Å². The van der Waals surface area contributed by atoms with Crippen molar-refractivity contribution in [1.82, 2.24) is 0 Å². The molecule has 0 bridgehead atoms. The molecule has 0 saturated carbocycles. The Hall–Kier alpha value is -1.47. The van der Waals surface area contributed by atoms with Crippen molar-refractivity contribution in [3.8, 4) is 0 Å². The summed E-state index contributed by atoms with van der Waals surface area (Å²) in [5.41, 5.74) is 0.999. The van der Waals surface area contributed by atoms with Crippen LogP contribution in [0.25, 0.3) is 0 Å². The smallest absolute Gasteiger partial charge is 0.305 e. The van der Waals surface area contributed by atoms with E-state index in [0.29, 0.717) is 6.61 Å². The van der Waals surface area contributed by atoms with Crippen molar-refractivity contribution in [2.45, 2.75) is 43.9 Å². The first-order valence-electron chi connectivity index (χ1n) is 7.30. The number of carbonyl (C=O) groups is 1. The predicted octanol–water partition coefficient (Wildman–Crippen LogP) is 1.21. The molecular formula is C16H22O6. The third kappa shape index (κ3) is 4.78. The van der Waals surface area contributed by atoms with Crippen molar-refractivity contribution in [3.05, 3.63) is 35.9 Å². The number of hydrogen-bond acceptors (Lipinski definition) is 5. The van der Waals surface area contributed by atoms with Crippen LogP contribution in [0, 0.1) is 0 Å². The highest BCUT2D eigenvalue weighted by molar-refractivity contribution is 5.67. The quantitative estimate of drug-likeness (QED) is 0.787. The third-order valence-corrected chi connectivity index (χ3v) is 3.64. The van der Waals surface area contributed by atoms with Crippen LogP contribution in [0.2, 0.25) is 0 Å². The number of ether oxygens (including phenoxy) is 3. The van der Waals surface area contributed by atoms with Crippen molar-refractivity contribution in [3.63, 3.8) is 0 Å². The summed E-state index contributed by atoms with van der Waals surface area (Å²) in [7, 11) is 1.53. The summed E-state index contributed by atoms with van der Waals surface area (Å²) >= 11 is 0. The molecule has 1 fully saturated rings. The lowest BCUT2D eigenvalue weighted by atomic mass is 9.96. The average molecular weight is 310 g/mol. The molecule has 2 rings (SSSR count). The van der Waals surface area contributed by atoms with Gasteiger partial charge in [0.1, 0.15) is 12.2 Å². The monoisotopic (exact) mass is 310 g/mol. The van der Waals surface area contributed by atoms with Crippen LogP contribution in [0.4, 0.5) is 0 Å². The Morgan fingerprint density at radius 1 is 1.36 bits per heavy atom. The number of aliphatic hydroxyl groups excluding tert-OH is 1. The molecule has 6 heteroatoms. The Balaban J connectivity index is 1.97. The molecule has 1 aliphatic heterocycles. The van der Waals surface area contributed by atoms with Gasteiger partial charge in [0.2, 0.25) is 0 Å². The topological polar surface area (TPSA) is 85.2 Å². The van der Waals surface area contributed by atoms with E-state index in [1.54, 1.807) is 0 Å². The van der Waals surface area contributed by atoms with Crippen molar-refractivity contribution in [1.29, 1.82) is 0 Å². The second-order valence-electron chi connectivity index (χ2n) is 5.41. The molecule has 0 amide bonds. The van der Waals surface area contributed by atoms with Crippen molar-refractivity contribution in [2.24, 2.45) is 0 Å². The van der Waals surface area contributed by atoms with Crippen molar-refractivity contribution in [2.75, 3.05) is 13.7 Å². The van der Waals surface area contributed by atoms with Gasteiger partial charge in [-0.3, -0.25) is 4.79 Å². The first kappa shape index (κ1) is 16.9. The number of aliphatic carboxylic acids is 1. The lowest BCUT2D eigenvalue weighted by molar-refractivity contribution is -0.206. The maximum atomic E-state index is 10.8. The highest BCUT2D eigenvalue weighted by Gasteiger charge is 2.39. The normalized spacial score (nSPS) is 28.5. The Kier molecular flexibility index (Phi) is 6.33. The Morgan fingerprint density at radius 2 is 2.09 bits per heavy atom. The van der Waals surface area contributed by atoms with Gasteiger partial charge in [0.05, 0.1) is 31.8 Å². The summed E-state index contributed by atoms with van der Waals surface area (Å²) in [4.78, 5) is 10.8. The molecule has 0 aliphatic carbocycles. The van der Waals surface area contributed by atoms with Crippen LogP contribution in [0.3, 0.4) is 0 Å². The maximum absolute atomic E-state index is 10.8. The molecular weight excluding hydrogens is 288 g/mol. The summed E-state index contributed by atoms with van der Waals surface area (Å²) in [6.45, 7) is 0.600. The lowest BCUT2D eigenvalue weighted by Gasteiger charge is -2.39.